The minimum absolute atomic E-state index is 0.226. The standard InChI is InChI=1S/C11H12N4OS/c1-2-9-14-15-11(17-9)13-10(16)7-4-3-5-8(12)6-7/h3-6H,2,12H2,1H3,(H,13,15,16). The first kappa shape index (κ1) is 11.5. The molecule has 3 N–H and O–H groups in total. The molecule has 0 fully saturated rings. The third-order valence-corrected chi connectivity index (χ3v) is 3.12. The molecule has 1 aromatic heterocycles. The Labute approximate surface area is 103 Å². The molecule has 0 aliphatic carbocycles. The molecule has 0 saturated carbocycles. The van der Waals surface area contributed by atoms with Crippen LogP contribution in [0.2, 0.25) is 0 Å². The van der Waals surface area contributed by atoms with E-state index in [4.69, 9.17) is 5.73 Å². The lowest BCUT2D eigenvalue weighted by molar-refractivity contribution is 0.102. The summed E-state index contributed by atoms with van der Waals surface area (Å²) in [6.45, 7) is 1.99. The average molecular weight is 248 g/mol. The molecule has 1 amide bonds. The Morgan fingerprint density at radius 3 is 2.94 bits per heavy atom. The van der Waals surface area contributed by atoms with Crippen molar-refractivity contribution in [3.8, 4) is 0 Å². The van der Waals surface area contributed by atoms with E-state index < -0.39 is 0 Å². The fraction of sp³-hybridized carbons (Fsp3) is 0.182. The molecule has 6 heteroatoms. The number of hydrogen-bond acceptors (Lipinski definition) is 5. The molecule has 0 atom stereocenters. The first-order valence-electron chi connectivity index (χ1n) is 5.18. The Morgan fingerprint density at radius 1 is 1.47 bits per heavy atom. The Balaban J connectivity index is 2.11. The highest BCUT2D eigenvalue weighted by atomic mass is 32.1. The van der Waals surface area contributed by atoms with E-state index in [1.807, 2.05) is 6.92 Å². The van der Waals surface area contributed by atoms with Crippen molar-refractivity contribution in [1.29, 1.82) is 0 Å². The van der Waals surface area contributed by atoms with E-state index in [1.54, 1.807) is 24.3 Å². The summed E-state index contributed by atoms with van der Waals surface area (Å²) >= 11 is 1.37. The van der Waals surface area contributed by atoms with Crippen LogP contribution < -0.4 is 11.1 Å². The molecular formula is C11H12N4OS. The van der Waals surface area contributed by atoms with Crippen LogP contribution in [0.4, 0.5) is 10.8 Å². The van der Waals surface area contributed by atoms with Gasteiger partial charge in [0.2, 0.25) is 5.13 Å². The number of nitrogens with zero attached hydrogens (tertiary/aromatic N) is 2. The molecule has 0 bridgehead atoms. The number of nitrogens with two attached hydrogens (primary N) is 1. The van der Waals surface area contributed by atoms with Crippen LogP contribution in [-0.4, -0.2) is 16.1 Å². The third-order valence-electron chi connectivity index (χ3n) is 2.14. The molecule has 0 spiro atoms. The lowest BCUT2D eigenvalue weighted by atomic mass is 10.2. The summed E-state index contributed by atoms with van der Waals surface area (Å²) in [4.78, 5) is 11.8. The second-order valence-corrected chi connectivity index (χ2v) is 4.50. The summed E-state index contributed by atoms with van der Waals surface area (Å²) in [5.74, 6) is -0.226. The summed E-state index contributed by atoms with van der Waals surface area (Å²) in [7, 11) is 0. The number of carbonyl (C=O) groups excluding carboxylic acids is 1. The molecule has 0 unspecified atom stereocenters. The Bertz CT molecular complexity index is 538. The van der Waals surface area contributed by atoms with Crippen molar-refractivity contribution in [2.45, 2.75) is 13.3 Å². The van der Waals surface area contributed by atoms with E-state index in [0.29, 0.717) is 16.4 Å². The van der Waals surface area contributed by atoms with Gasteiger partial charge in [0.25, 0.3) is 5.91 Å². The summed E-state index contributed by atoms with van der Waals surface area (Å²) in [5, 5.41) is 11.9. The van der Waals surface area contributed by atoms with Gasteiger partial charge in [-0.05, 0) is 24.6 Å². The summed E-state index contributed by atoms with van der Waals surface area (Å²) in [6.07, 6.45) is 0.811. The highest BCUT2D eigenvalue weighted by Crippen LogP contribution is 2.17. The van der Waals surface area contributed by atoms with Gasteiger partial charge in [-0.25, -0.2) is 0 Å². The third kappa shape index (κ3) is 2.79. The van der Waals surface area contributed by atoms with Gasteiger partial charge in [0.15, 0.2) is 0 Å². The van der Waals surface area contributed by atoms with Gasteiger partial charge in [-0.3, -0.25) is 10.1 Å². The normalized spacial score (nSPS) is 10.2. The minimum atomic E-state index is -0.226. The number of hydrogen-bond donors (Lipinski definition) is 2. The molecule has 17 heavy (non-hydrogen) atoms. The Morgan fingerprint density at radius 2 is 2.29 bits per heavy atom. The maximum atomic E-state index is 11.8. The summed E-state index contributed by atoms with van der Waals surface area (Å²) in [5.41, 5.74) is 6.68. The van der Waals surface area contributed by atoms with Crippen molar-refractivity contribution in [1.82, 2.24) is 10.2 Å². The number of aryl methyl sites for hydroxylation is 1. The average Bonchev–Trinajstić information content (AvgIpc) is 2.77. The first-order valence-corrected chi connectivity index (χ1v) is 6.00. The predicted octanol–water partition coefficient (Wildman–Crippen LogP) is 1.93. The molecule has 1 heterocycles. The number of amides is 1. The number of rotatable bonds is 3. The number of nitrogen functional groups attached to an aromatic ring is 1. The topological polar surface area (TPSA) is 80.9 Å². The van der Waals surface area contributed by atoms with E-state index >= 15 is 0 Å². The van der Waals surface area contributed by atoms with Crippen molar-refractivity contribution in [3.05, 3.63) is 34.8 Å². The molecule has 2 aromatic rings. The van der Waals surface area contributed by atoms with Gasteiger partial charge < -0.3 is 5.73 Å². The second kappa shape index (κ2) is 4.92. The van der Waals surface area contributed by atoms with Gasteiger partial charge in [-0.15, -0.1) is 10.2 Å². The number of nitrogens with one attached hydrogen (secondary N) is 1. The number of carbonyl (C=O) groups is 1. The molecule has 2 rings (SSSR count). The number of benzene rings is 1. The van der Waals surface area contributed by atoms with Gasteiger partial charge in [0, 0.05) is 11.3 Å². The fourth-order valence-electron chi connectivity index (χ4n) is 1.30. The number of anilines is 2. The molecule has 5 nitrogen and oxygen atoms in total. The first-order chi connectivity index (χ1) is 8.19. The Hall–Kier alpha value is -1.95. The van der Waals surface area contributed by atoms with Crippen LogP contribution in [-0.2, 0) is 6.42 Å². The van der Waals surface area contributed by atoms with Crippen LogP contribution in [0.15, 0.2) is 24.3 Å². The quantitative estimate of drug-likeness (QED) is 0.813. The van der Waals surface area contributed by atoms with Crippen molar-refractivity contribution in [2.24, 2.45) is 0 Å². The lowest BCUT2D eigenvalue weighted by Crippen LogP contribution is -2.11. The minimum Gasteiger partial charge on any atom is -0.399 e. The molecule has 0 saturated heterocycles. The zero-order valence-electron chi connectivity index (χ0n) is 9.30. The maximum Gasteiger partial charge on any atom is 0.257 e. The van der Waals surface area contributed by atoms with Crippen molar-refractivity contribution in [2.75, 3.05) is 11.1 Å². The lowest BCUT2D eigenvalue weighted by Gasteiger charge is -2.01. The van der Waals surface area contributed by atoms with Crippen molar-refractivity contribution in [3.63, 3.8) is 0 Å². The van der Waals surface area contributed by atoms with Crippen LogP contribution in [0.1, 0.15) is 22.3 Å². The molecular weight excluding hydrogens is 236 g/mol. The molecule has 0 radical (unpaired) electrons. The van der Waals surface area contributed by atoms with E-state index in [2.05, 4.69) is 15.5 Å². The van der Waals surface area contributed by atoms with Crippen molar-refractivity contribution < 1.29 is 4.79 Å². The zero-order valence-corrected chi connectivity index (χ0v) is 10.1. The van der Waals surface area contributed by atoms with E-state index in [9.17, 15) is 4.79 Å². The largest absolute Gasteiger partial charge is 0.399 e. The zero-order chi connectivity index (χ0) is 12.3. The summed E-state index contributed by atoms with van der Waals surface area (Å²) < 4.78 is 0. The second-order valence-electron chi connectivity index (χ2n) is 3.43. The van der Waals surface area contributed by atoms with Gasteiger partial charge in [-0.2, -0.15) is 0 Å². The predicted molar refractivity (Wildman–Crippen MR) is 68.1 cm³/mol. The molecule has 1 aromatic carbocycles. The summed E-state index contributed by atoms with van der Waals surface area (Å²) in [6, 6.07) is 6.79. The van der Waals surface area contributed by atoms with Crippen LogP contribution in [0.5, 0.6) is 0 Å². The van der Waals surface area contributed by atoms with Gasteiger partial charge >= 0.3 is 0 Å². The molecule has 88 valence electrons. The van der Waals surface area contributed by atoms with Gasteiger partial charge in [-0.1, -0.05) is 24.3 Å². The molecule has 0 aliphatic heterocycles. The Kier molecular flexibility index (Phi) is 3.34. The maximum absolute atomic E-state index is 11.8. The van der Waals surface area contributed by atoms with Gasteiger partial charge in [0.05, 0.1) is 0 Å². The van der Waals surface area contributed by atoms with Crippen molar-refractivity contribution >= 4 is 28.1 Å². The monoisotopic (exact) mass is 248 g/mol. The highest BCUT2D eigenvalue weighted by molar-refractivity contribution is 7.15. The van der Waals surface area contributed by atoms with E-state index in [-0.39, 0.29) is 5.91 Å². The number of aromatic nitrogens is 2. The van der Waals surface area contributed by atoms with Crippen LogP contribution in [0, 0.1) is 0 Å². The highest BCUT2D eigenvalue weighted by Gasteiger charge is 2.09. The molecule has 0 aliphatic rings. The smallest absolute Gasteiger partial charge is 0.257 e. The van der Waals surface area contributed by atoms with Gasteiger partial charge in [0.1, 0.15) is 5.01 Å². The SMILES string of the molecule is CCc1nnc(NC(=O)c2cccc(N)c2)s1. The van der Waals surface area contributed by atoms with Crippen LogP contribution in [0.3, 0.4) is 0 Å². The van der Waals surface area contributed by atoms with Crippen LogP contribution in [0.25, 0.3) is 0 Å². The van der Waals surface area contributed by atoms with E-state index in [1.165, 1.54) is 11.3 Å². The van der Waals surface area contributed by atoms with E-state index in [0.717, 1.165) is 11.4 Å². The van der Waals surface area contributed by atoms with Crippen LogP contribution >= 0.6 is 11.3 Å². The fourth-order valence-corrected chi connectivity index (χ4v) is 1.97.